The van der Waals surface area contributed by atoms with Gasteiger partial charge in [0.05, 0.1) is 6.61 Å². The minimum Gasteiger partial charge on any atom is -0.466 e. The van der Waals surface area contributed by atoms with Gasteiger partial charge < -0.3 is 4.74 Å². The molecule has 0 N–H and O–H groups in total. The Hall–Kier alpha value is -2.61. The molecule has 2 heteroatoms. The molecule has 0 aliphatic carbocycles. The maximum absolute atomic E-state index is 9.82. The second-order valence-electron chi connectivity index (χ2n) is 5.21. The van der Waals surface area contributed by atoms with E-state index in [4.69, 9.17) is 0 Å². The molecule has 0 fully saturated rings. The molecule has 0 saturated heterocycles. The van der Waals surface area contributed by atoms with E-state index in [1.807, 2.05) is 0 Å². The van der Waals surface area contributed by atoms with Crippen LogP contribution in [0.3, 0.4) is 0 Å². The molecule has 0 unspecified atom stereocenters. The Balaban J connectivity index is 0.000000209. The molecule has 0 spiro atoms. The Morgan fingerprint density at radius 1 is 0.773 bits per heavy atom. The normalized spacial score (nSPS) is 10.6. The van der Waals surface area contributed by atoms with Gasteiger partial charge in [-0.15, -0.1) is 0 Å². The summed E-state index contributed by atoms with van der Waals surface area (Å²) < 4.78 is 4.40. The van der Waals surface area contributed by atoms with Crippen LogP contribution in [0.25, 0.3) is 32.3 Å². The van der Waals surface area contributed by atoms with Gasteiger partial charge in [0, 0.05) is 6.92 Å². The fourth-order valence-electron chi connectivity index (χ4n) is 2.87. The number of esters is 1. The predicted octanol–water partition coefficient (Wildman–Crippen LogP) is 5.15. The lowest BCUT2D eigenvalue weighted by Gasteiger charge is -2.09. The summed E-state index contributed by atoms with van der Waals surface area (Å²) >= 11 is 0. The van der Waals surface area contributed by atoms with Gasteiger partial charge in [0.15, 0.2) is 0 Å². The smallest absolute Gasteiger partial charge is 0.302 e. The van der Waals surface area contributed by atoms with Crippen molar-refractivity contribution >= 4 is 38.3 Å². The highest BCUT2D eigenvalue weighted by atomic mass is 16.5. The van der Waals surface area contributed by atoms with Gasteiger partial charge in [-0.3, -0.25) is 4.79 Å². The fourth-order valence-corrected chi connectivity index (χ4v) is 2.87. The molecular weight excluding hydrogens is 272 g/mol. The first-order valence-corrected chi connectivity index (χ1v) is 7.46. The Bertz CT molecular complexity index is 795. The third-order valence-corrected chi connectivity index (χ3v) is 3.74. The van der Waals surface area contributed by atoms with Crippen molar-refractivity contribution in [3.8, 4) is 0 Å². The van der Waals surface area contributed by atoms with E-state index >= 15 is 0 Å². The van der Waals surface area contributed by atoms with Crippen LogP contribution in [-0.4, -0.2) is 12.6 Å². The van der Waals surface area contributed by atoms with E-state index in [0.29, 0.717) is 6.61 Å². The molecule has 22 heavy (non-hydrogen) atoms. The lowest BCUT2D eigenvalue weighted by atomic mass is 9.95. The number of rotatable bonds is 1. The number of hydrogen-bond acceptors (Lipinski definition) is 2. The van der Waals surface area contributed by atoms with Gasteiger partial charge in [0.25, 0.3) is 0 Å². The van der Waals surface area contributed by atoms with Gasteiger partial charge in [0.1, 0.15) is 0 Å². The summed E-state index contributed by atoms with van der Waals surface area (Å²) in [5, 5.41) is 8.14. The van der Waals surface area contributed by atoms with E-state index in [0.717, 1.165) is 0 Å². The van der Waals surface area contributed by atoms with Gasteiger partial charge in [-0.1, -0.05) is 60.7 Å². The van der Waals surface area contributed by atoms with Crippen LogP contribution in [0.15, 0.2) is 60.7 Å². The Morgan fingerprint density at radius 2 is 1.14 bits per heavy atom. The third kappa shape index (κ3) is 2.60. The number of carbonyl (C=O) groups excluding carboxylic acids is 1. The van der Waals surface area contributed by atoms with Crippen molar-refractivity contribution in [1.82, 2.24) is 0 Å². The molecule has 0 heterocycles. The lowest BCUT2D eigenvalue weighted by molar-refractivity contribution is -0.140. The monoisotopic (exact) mass is 290 g/mol. The second-order valence-corrected chi connectivity index (χ2v) is 5.21. The molecule has 0 amide bonds. The highest BCUT2D eigenvalue weighted by Gasteiger charge is 2.05. The van der Waals surface area contributed by atoms with Crippen molar-refractivity contribution in [1.29, 1.82) is 0 Å². The molecular formula is C20H18O2. The van der Waals surface area contributed by atoms with Crippen LogP contribution in [-0.2, 0) is 9.53 Å². The van der Waals surface area contributed by atoms with Crippen LogP contribution in [0, 0.1) is 0 Å². The number of benzene rings is 4. The molecule has 0 bridgehead atoms. The molecule has 0 aromatic heterocycles. The Kier molecular flexibility index (Phi) is 3.92. The highest BCUT2D eigenvalue weighted by molar-refractivity contribution is 6.22. The second kappa shape index (κ2) is 6.02. The van der Waals surface area contributed by atoms with Crippen molar-refractivity contribution < 1.29 is 9.53 Å². The molecule has 4 rings (SSSR count). The highest BCUT2D eigenvalue weighted by Crippen LogP contribution is 2.33. The summed E-state index contributed by atoms with van der Waals surface area (Å²) in [6.07, 6.45) is 0. The summed E-state index contributed by atoms with van der Waals surface area (Å²) in [4.78, 5) is 9.82. The summed E-state index contributed by atoms with van der Waals surface area (Å²) in [7, 11) is 0. The van der Waals surface area contributed by atoms with E-state index in [-0.39, 0.29) is 5.97 Å². The molecule has 4 aromatic carbocycles. The maximum atomic E-state index is 9.82. The number of carbonyl (C=O) groups is 1. The molecule has 4 aromatic rings. The zero-order chi connectivity index (χ0) is 15.5. The van der Waals surface area contributed by atoms with Gasteiger partial charge in [-0.05, 0) is 39.2 Å². The van der Waals surface area contributed by atoms with Crippen LogP contribution in [0.5, 0.6) is 0 Å². The minimum atomic E-state index is -0.211. The third-order valence-electron chi connectivity index (χ3n) is 3.74. The molecule has 110 valence electrons. The van der Waals surface area contributed by atoms with E-state index in [1.165, 1.54) is 39.2 Å². The predicted molar refractivity (Wildman–Crippen MR) is 92.5 cm³/mol. The topological polar surface area (TPSA) is 26.3 Å². The SMILES string of the molecule is CCOC(C)=O.c1cc2ccc3cccc4ccc(c1)c2c34. The number of ether oxygens (including phenoxy) is 1. The van der Waals surface area contributed by atoms with Gasteiger partial charge in [0.2, 0.25) is 0 Å². The van der Waals surface area contributed by atoms with Crippen molar-refractivity contribution in [3.63, 3.8) is 0 Å². The van der Waals surface area contributed by atoms with Crippen molar-refractivity contribution in [2.45, 2.75) is 13.8 Å². The summed E-state index contributed by atoms with van der Waals surface area (Å²) in [5.41, 5.74) is 0. The minimum absolute atomic E-state index is 0.211. The van der Waals surface area contributed by atoms with Gasteiger partial charge >= 0.3 is 5.97 Å². The van der Waals surface area contributed by atoms with Crippen LogP contribution < -0.4 is 0 Å². The first-order chi connectivity index (χ1) is 10.7. The average Bonchev–Trinajstić information content (AvgIpc) is 2.53. The first-order valence-electron chi connectivity index (χ1n) is 7.46. The largest absolute Gasteiger partial charge is 0.466 e. The fraction of sp³-hybridized carbons (Fsp3) is 0.150. The molecule has 0 aliphatic heterocycles. The Labute approximate surface area is 129 Å². The van der Waals surface area contributed by atoms with E-state index in [1.54, 1.807) is 6.92 Å². The van der Waals surface area contributed by atoms with Crippen LogP contribution in [0.4, 0.5) is 0 Å². The molecule has 0 aliphatic rings. The standard InChI is InChI=1S/C16H10.C4H8O2/c1-3-11-7-9-13-5-2-6-14-10-8-12(4-1)15(11)16(13)14;1-3-6-4(2)5/h1-10H;3H2,1-2H3. The Morgan fingerprint density at radius 3 is 1.36 bits per heavy atom. The first kappa shape index (κ1) is 14.3. The summed E-state index contributed by atoms with van der Waals surface area (Å²) in [6, 6.07) is 21.9. The van der Waals surface area contributed by atoms with Crippen LogP contribution in [0.1, 0.15) is 13.8 Å². The molecule has 0 atom stereocenters. The van der Waals surface area contributed by atoms with E-state index in [2.05, 4.69) is 65.4 Å². The molecule has 0 saturated carbocycles. The average molecular weight is 290 g/mol. The zero-order valence-electron chi connectivity index (χ0n) is 12.8. The number of hydrogen-bond donors (Lipinski definition) is 0. The van der Waals surface area contributed by atoms with Crippen LogP contribution >= 0.6 is 0 Å². The van der Waals surface area contributed by atoms with Crippen molar-refractivity contribution in [2.24, 2.45) is 0 Å². The van der Waals surface area contributed by atoms with E-state index in [9.17, 15) is 4.79 Å². The van der Waals surface area contributed by atoms with Gasteiger partial charge in [-0.2, -0.15) is 0 Å². The van der Waals surface area contributed by atoms with Crippen LogP contribution in [0.2, 0.25) is 0 Å². The maximum Gasteiger partial charge on any atom is 0.302 e. The van der Waals surface area contributed by atoms with Crippen molar-refractivity contribution in [2.75, 3.05) is 6.61 Å². The summed E-state index contributed by atoms with van der Waals surface area (Å²) in [6.45, 7) is 3.65. The quantitative estimate of drug-likeness (QED) is 0.358. The van der Waals surface area contributed by atoms with Gasteiger partial charge in [-0.25, -0.2) is 0 Å². The molecule has 0 radical (unpaired) electrons. The zero-order valence-corrected chi connectivity index (χ0v) is 12.8. The van der Waals surface area contributed by atoms with Crippen molar-refractivity contribution in [3.05, 3.63) is 60.7 Å². The summed E-state index contributed by atoms with van der Waals surface area (Å²) in [5.74, 6) is -0.211. The lowest BCUT2D eigenvalue weighted by Crippen LogP contribution is -1.95. The molecule has 2 nitrogen and oxygen atoms in total. The van der Waals surface area contributed by atoms with E-state index < -0.39 is 0 Å².